The van der Waals surface area contributed by atoms with E-state index in [1.807, 2.05) is 32.0 Å². The van der Waals surface area contributed by atoms with E-state index in [1.54, 1.807) is 7.11 Å². The summed E-state index contributed by atoms with van der Waals surface area (Å²) in [5.41, 5.74) is 1.88. The molecule has 170 valence electrons. The van der Waals surface area contributed by atoms with Crippen molar-refractivity contribution in [3.05, 3.63) is 28.8 Å². The summed E-state index contributed by atoms with van der Waals surface area (Å²) in [5, 5.41) is 10.1. The number of carbonyl (C=O) groups is 1. The molecule has 30 heavy (non-hydrogen) atoms. The van der Waals surface area contributed by atoms with Gasteiger partial charge >= 0.3 is 0 Å². The summed E-state index contributed by atoms with van der Waals surface area (Å²) < 4.78 is 5.31. The molecule has 6 nitrogen and oxygen atoms in total. The third-order valence-corrected chi connectivity index (χ3v) is 6.01. The second kappa shape index (κ2) is 14.1. The number of ether oxygens (including phenoxy) is 1. The molecule has 1 aromatic carbocycles. The molecular formula is C22H36ClIN4O2. The van der Waals surface area contributed by atoms with Crippen LogP contribution in [0.1, 0.15) is 51.0 Å². The number of amides is 1. The summed E-state index contributed by atoms with van der Waals surface area (Å²) in [6, 6.07) is 5.51. The molecule has 0 spiro atoms. The molecule has 1 aromatic rings. The third-order valence-electron chi connectivity index (χ3n) is 5.60. The Hall–Kier alpha value is -1.06. The van der Waals surface area contributed by atoms with E-state index in [0.29, 0.717) is 18.0 Å². The monoisotopic (exact) mass is 550 g/mol. The molecular weight excluding hydrogens is 515 g/mol. The Morgan fingerprint density at radius 1 is 1.27 bits per heavy atom. The summed E-state index contributed by atoms with van der Waals surface area (Å²) in [6.07, 6.45) is 6.36. The van der Waals surface area contributed by atoms with Crippen LogP contribution in [-0.2, 0) is 9.53 Å². The van der Waals surface area contributed by atoms with Crippen molar-refractivity contribution in [1.29, 1.82) is 0 Å². The maximum Gasteiger partial charge on any atom is 0.226 e. The van der Waals surface area contributed by atoms with Crippen LogP contribution < -0.4 is 16.0 Å². The van der Waals surface area contributed by atoms with Gasteiger partial charge in [0.25, 0.3) is 0 Å². The van der Waals surface area contributed by atoms with Gasteiger partial charge in [0, 0.05) is 50.5 Å². The molecule has 0 aliphatic heterocycles. The smallest absolute Gasteiger partial charge is 0.226 e. The molecule has 1 aliphatic carbocycles. The Balaban J connectivity index is 0.00000450. The van der Waals surface area contributed by atoms with Crippen LogP contribution in [0.25, 0.3) is 0 Å². The van der Waals surface area contributed by atoms with Gasteiger partial charge < -0.3 is 20.7 Å². The molecule has 1 fully saturated rings. The standard InChI is InChI=1S/C22H35ClN4O2.HI/c1-4-24-21(26-16-22(13-15-29-3)11-5-6-12-22)25-14-10-20(28)27-19-9-7-8-18(23)17(19)2;/h7-9H,4-6,10-16H2,1-3H3,(H,27,28)(H2,24,25,26);1H. The molecule has 0 radical (unpaired) electrons. The summed E-state index contributed by atoms with van der Waals surface area (Å²) in [6.45, 7) is 6.81. The fraction of sp³-hybridized carbons (Fsp3) is 0.636. The van der Waals surface area contributed by atoms with Gasteiger partial charge in [0.1, 0.15) is 0 Å². The number of carbonyl (C=O) groups excluding carboxylic acids is 1. The predicted octanol–water partition coefficient (Wildman–Crippen LogP) is 4.75. The third kappa shape index (κ3) is 8.59. The first-order chi connectivity index (χ1) is 14.0. The molecule has 0 heterocycles. The summed E-state index contributed by atoms with van der Waals surface area (Å²) >= 11 is 6.11. The molecule has 1 saturated carbocycles. The van der Waals surface area contributed by atoms with Gasteiger partial charge in [0.2, 0.25) is 5.91 Å². The zero-order chi connectivity index (χ0) is 21.1. The van der Waals surface area contributed by atoms with Crippen molar-refractivity contribution in [1.82, 2.24) is 10.6 Å². The molecule has 3 N–H and O–H groups in total. The first kappa shape index (κ1) is 27.0. The average molecular weight is 551 g/mol. The highest BCUT2D eigenvalue weighted by Gasteiger charge is 2.33. The highest BCUT2D eigenvalue weighted by Crippen LogP contribution is 2.41. The zero-order valence-electron chi connectivity index (χ0n) is 18.4. The number of hydrogen-bond donors (Lipinski definition) is 3. The molecule has 0 atom stereocenters. The first-order valence-corrected chi connectivity index (χ1v) is 10.9. The van der Waals surface area contributed by atoms with Crippen molar-refractivity contribution in [2.45, 2.75) is 52.4 Å². The van der Waals surface area contributed by atoms with Crippen molar-refractivity contribution in [3.8, 4) is 0 Å². The lowest BCUT2D eigenvalue weighted by atomic mass is 9.83. The van der Waals surface area contributed by atoms with Gasteiger partial charge in [-0.05, 0) is 56.2 Å². The summed E-state index contributed by atoms with van der Waals surface area (Å²) in [5.74, 6) is 0.717. The van der Waals surface area contributed by atoms with Crippen molar-refractivity contribution >= 4 is 53.1 Å². The molecule has 0 saturated heterocycles. The predicted molar refractivity (Wildman–Crippen MR) is 136 cm³/mol. The van der Waals surface area contributed by atoms with Gasteiger partial charge in [-0.3, -0.25) is 9.79 Å². The van der Waals surface area contributed by atoms with Crippen LogP contribution >= 0.6 is 35.6 Å². The molecule has 2 rings (SSSR count). The fourth-order valence-electron chi connectivity index (χ4n) is 3.77. The second-order valence-corrected chi connectivity index (χ2v) is 8.19. The van der Waals surface area contributed by atoms with E-state index in [4.69, 9.17) is 21.3 Å². The lowest BCUT2D eigenvalue weighted by molar-refractivity contribution is -0.116. The summed E-state index contributed by atoms with van der Waals surface area (Å²) in [4.78, 5) is 17.1. The molecule has 1 amide bonds. The Labute approximate surface area is 203 Å². The van der Waals surface area contributed by atoms with Gasteiger partial charge in [0.05, 0.1) is 0 Å². The Kier molecular flexibility index (Phi) is 12.7. The number of halogens is 2. The normalized spacial score (nSPS) is 15.4. The minimum Gasteiger partial charge on any atom is -0.385 e. The minimum absolute atomic E-state index is 0. The van der Waals surface area contributed by atoms with Crippen LogP contribution in [0, 0.1) is 12.3 Å². The van der Waals surface area contributed by atoms with Crippen molar-refractivity contribution in [2.75, 3.05) is 38.7 Å². The quantitative estimate of drug-likeness (QED) is 0.223. The second-order valence-electron chi connectivity index (χ2n) is 7.78. The number of anilines is 1. The number of rotatable bonds is 10. The van der Waals surface area contributed by atoms with Crippen LogP contribution in [0.3, 0.4) is 0 Å². The number of hydrogen-bond acceptors (Lipinski definition) is 3. The van der Waals surface area contributed by atoms with E-state index in [-0.39, 0.29) is 35.3 Å². The topological polar surface area (TPSA) is 74.8 Å². The SMILES string of the molecule is CCNC(=NCC1(CCOC)CCCC1)NCCC(=O)Nc1cccc(Cl)c1C.I. The molecule has 8 heteroatoms. The van der Waals surface area contributed by atoms with Gasteiger partial charge in [-0.2, -0.15) is 0 Å². The van der Waals surface area contributed by atoms with Crippen LogP contribution in [0.4, 0.5) is 5.69 Å². The first-order valence-electron chi connectivity index (χ1n) is 10.6. The highest BCUT2D eigenvalue weighted by atomic mass is 127. The maximum absolute atomic E-state index is 12.3. The van der Waals surface area contributed by atoms with E-state index >= 15 is 0 Å². The van der Waals surface area contributed by atoms with E-state index < -0.39 is 0 Å². The van der Waals surface area contributed by atoms with E-state index in [1.165, 1.54) is 25.7 Å². The van der Waals surface area contributed by atoms with Crippen LogP contribution in [0.15, 0.2) is 23.2 Å². The molecule has 1 aliphatic rings. The van der Waals surface area contributed by atoms with E-state index in [0.717, 1.165) is 43.3 Å². The lowest BCUT2D eigenvalue weighted by Gasteiger charge is -2.27. The van der Waals surface area contributed by atoms with Crippen LogP contribution in [-0.4, -0.2) is 45.2 Å². The van der Waals surface area contributed by atoms with E-state index in [9.17, 15) is 4.79 Å². The average Bonchev–Trinajstić information content (AvgIpc) is 3.17. The highest BCUT2D eigenvalue weighted by molar-refractivity contribution is 14.0. The number of nitrogens with one attached hydrogen (secondary N) is 3. The zero-order valence-corrected chi connectivity index (χ0v) is 21.4. The molecule has 0 aromatic heterocycles. The van der Waals surface area contributed by atoms with E-state index in [2.05, 4.69) is 16.0 Å². The molecule has 0 bridgehead atoms. The number of guanidine groups is 1. The van der Waals surface area contributed by atoms with Gasteiger partial charge in [-0.1, -0.05) is 30.5 Å². The Morgan fingerprint density at radius 2 is 2.00 bits per heavy atom. The molecule has 0 unspecified atom stereocenters. The summed E-state index contributed by atoms with van der Waals surface area (Å²) in [7, 11) is 1.76. The Bertz CT molecular complexity index is 694. The van der Waals surface area contributed by atoms with Crippen LogP contribution in [0.2, 0.25) is 5.02 Å². The number of methoxy groups -OCH3 is 1. The van der Waals surface area contributed by atoms with Crippen LogP contribution in [0.5, 0.6) is 0 Å². The van der Waals surface area contributed by atoms with Crippen molar-refractivity contribution in [3.63, 3.8) is 0 Å². The fourth-order valence-corrected chi connectivity index (χ4v) is 3.94. The number of benzene rings is 1. The van der Waals surface area contributed by atoms with Gasteiger partial charge in [-0.15, -0.1) is 24.0 Å². The van der Waals surface area contributed by atoms with Gasteiger partial charge in [0.15, 0.2) is 5.96 Å². The van der Waals surface area contributed by atoms with Crippen molar-refractivity contribution < 1.29 is 9.53 Å². The number of nitrogens with zero attached hydrogens (tertiary/aromatic N) is 1. The minimum atomic E-state index is -0.0499. The van der Waals surface area contributed by atoms with Gasteiger partial charge in [-0.25, -0.2) is 0 Å². The van der Waals surface area contributed by atoms with Crippen molar-refractivity contribution in [2.24, 2.45) is 10.4 Å². The lowest BCUT2D eigenvalue weighted by Crippen LogP contribution is -2.39. The Morgan fingerprint density at radius 3 is 2.67 bits per heavy atom. The largest absolute Gasteiger partial charge is 0.385 e. The number of aliphatic imine (C=N–C) groups is 1. The maximum atomic E-state index is 12.3.